The van der Waals surface area contributed by atoms with Gasteiger partial charge < -0.3 is 9.84 Å². The number of ether oxygens (including phenoxy) is 1. The van der Waals surface area contributed by atoms with Crippen molar-refractivity contribution in [2.24, 2.45) is 5.41 Å². The van der Waals surface area contributed by atoms with Crippen molar-refractivity contribution in [3.8, 4) is 0 Å². The minimum atomic E-state index is -3.29. The van der Waals surface area contributed by atoms with E-state index in [0.29, 0.717) is 19.4 Å². The molecule has 1 fully saturated rings. The molecule has 0 saturated carbocycles. The van der Waals surface area contributed by atoms with Crippen LogP contribution >= 0.6 is 0 Å². The van der Waals surface area contributed by atoms with Crippen molar-refractivity contribution in [1.29, 1.82) is 0 Å². The van der Waals surface area contributed by atoms with E-state index in [4.69, 9.17) is 4.74 Å². The van der Waals surface area contributed by atoms with Crippen molar-refractivity contribution < 1.29 is 23.1 Å². The summed E-state index contributed by atoms with van der Waals surface area (Å²) in [6, 6.07) is 0. The van der Waals surface area contributed by atoms with E-state index < -0.39 is 26.0 Å². The Labute approximate surface area is 108 Å². The number of sulfone groups is 1. The summed E-state index contributed by atoms with van der Waals surface area (Å²) < 4.78 is 28.4. The molecule has 1 rings (SSSR count). The Morgan fingerprint density at radius 2 is 2.00 bits per heavy atom. The second-order valence-corrected chi connectivity index (χ2v) is 8.79. The molecule has 0 radical (unpaired) electrons. The maximum atomic E-state index is 12.0. The lowest BCUT2D eigenvalue weighted by molar-refractivity contribution is -0.157. The molecule has 0 aromatic heterocycles. The van der Waals surface area contributed by atoms with E-state index in [0.717, 1.165) is 0 Å². The number of carboxylic acids is 1. The molecule has 106 valence electrons. The van der Waals surface area contributed by atoms with E-state index in [1.807, 2.05) is 0 Å². The van der Waals surface area contributed by atoms with Gasteiger partial charge in [-0.1, -0.05) is 0 Å². The van der Waals surface area contributed by atoms with E-state index in [9.17, 15) is 18.3 Å². The monoisotopic (exact) mass is 278 g/mol. The van der Waals surface area contributed by atoms with Gasteiger partial charge in [-0.2, -0.15) is 0 Å². The summed E-state index contributed by atoms with van der Waals surface area (Å²) >= 11 is 0. The van der Waals surface area contributed by atoms with Gasteiger partial charge in [-0.3, -0.25) is 4.79 Å². The van der Waals surface area contributed by atoms with Crippen LogP contribution in [0.15, 0.2) is 0 Å². The molecule has 0 aliphatic carbocycles. The minimum absolute atomic E-state index is 0.105. The molecule has 1 unspecified atom stereocenters. The number of aliphatic carboxylic acids is 1. The zero-order valence-corrected chi connectivity index (χ0v) is 12.0. The number of hydrogen-bond donors (Lipinski definition) is 1. The minimum Gasteiger partial charge on any atom is -0.481 e. The van der Waals surface area contributed by atoms with Gasteiger partial charge in [0.25, 0.3) is 0 Å². The van der Waals surface area contributed by atoms with Gasteiger partial charge >= 0.3 is 5.97 Å². The van der Waals surface area contributed by atoms with E-state index in [1.165, 1.54) is 0 Å². The Morgan fingerprint density at radius 1 is 1.39 bits per heavy atom. The number of carboxylic acid groups (broad SMARTS) is 1. The van der Waals surface area contributed by atoms with Crippen molar-refractivity contribution in [1.82, 2.24) is 0 Å². The zero-order chi connectivity index (χ0) is 14.0. The van der Waals surface area contributed by atoms with Crippen molar-refractivity contribution >= 4 is 15.8 Å². The van der Waals surface area contributed by atoms with Crippen LogP contribution in [0.3, 0.4) is 0 Å². The zero-order valence-electron chi connectivity index (χ0n) is 11.2. The SMILES string of the molecule is CC(C)(C)S(=O)(=O)CCC1(C(=O)O)CCCOC1. The van der Waals surface area contributed by atoms with Crippen molar-refractivity contribution in [3.05, 3.63) is 0 Å². The third kappa shape index (κ3) is 3.23. The van der Waals surface area contributed by atoms with Crippen LogP contribution in [0.25, 0.3) is 0 Å². The van der Waals surface area contributed by atoms with E-state index in [1.54, 1.807) is 20.8 Å². The van der Waals surface area contributed by atoms with Gasteiger partial charge in [0.2, 0.25) is 0 Å². The highest BCUT2D eigenvalue weighted by Gasteiger charge is 2.42. The predicted octanol–water partition coefficient (Wildman–Crippen LogP) is 1.47. The van der Waals surface area contributed by atoms with Gasteiger partial charge in [0, 0.05) is 6.61 Å². The first-order chi connectivity index (χ1) is 8.11. The average molecular weight is 278 g/mol. The van der Waals surface area contributed by atoms with Gasteiger partial charge in [-0.25, -0.2) is 8.42 Å². The summed E-state index contributed by atoms with van der Waals surface area (Å²) in [5.74, 6) is -1.06. The van der Waals surface area contributed by atoms with Crippen LogP contribution in [-0.2, 0) is 19.4 Å². The summed E-state index contributed by atoms with van der Waals surface area (Å²) in [5.41, 5.74) is -1.03. The third-order valence-corrected chi connectivity index (χ3v) is 6.17. The lowest BCUT2D eigenvalue weighted by Gasteiger charge is -2.33. The van der Waals surface area contributed by atoms with Crippen molar-refractivity contribution in [2.75, 3.05) is 19.0 Å². The molecule has 1 aliphatic heterocycles. The predicted molar refractivity (Wildman–Crippen MR) is 68.3 cm³/mol. The number of rotatable bonds is 4. The first kappa shape index (κ1) is 15.4. The first-order valence-electron chi connectivity index (χ1n) is 6.14. The third-order valence-electron chi connectivity index (χ3n) is 3.56. The highest BCUT2D eigenvalue weighted by Crippen LogP contribution is 2.34. The average Bonchev–Trinajstić information content (AvgIpc) is 2.26. The van der Waals surface area contributed by atoms with Crippen LogP contribution in [0.2, 0.25) is 0 Å². The topological polar surface area (TPSA) is 80.7 Å². The second kappa shape index (κ2) is 5.17. The van der Waals surface area contributed by atoms with Crippen LogP contribution in [-0.4, -0.2) is 43.2 Å². The quantitative estimate of drug-likeness (QED) is 0.842. The fourth-order valence-corrected chi connectivity index (χ4v) is 3.23. The molecule has 0 bridgehead atoms. The van der Waals surface area contributed by atoms with E-state index in [2.05, 4.69) is 0 Å². The molecule has 0 aromatic rings. The van der Waals surface area contributed by atoms with Crippen molar-refractivity contribution in [3.63, 3.8) is 0 Å². The molecule has 1 saturated heterocycles. The van der Waals surface area contributed by atoms with Crippen molar-refractivity contribution in [2.45, 2.75) is 44.8 Å². The maximum absolute atomic E-state index is 12.0. The highest BCUT2D eigenvalue weighted by atomic mass is 32.2. The summed E-state index contributed by atoms with van der Waals surface area (Å²) in [7, 11) is -3.29. The summed E-state index contributed by atoms with van der Waals surface area (Å²) in [5, 5.41) is 9.31. The van der Waals surface area contributed by atoms with E-state index in [-0.39, 0.29) is 18.8 Å². The molecule has 0 aromatic carbocycles. The molecule has 1 heterocycles. The second-order valence-electron chi connectivity index (χ2n) is 5.92. The van der Waals surface area contributed by atoms with E-state index >= 15 is 0 Å². The van der Waals surface area contributed by atoms with Gasteiger partial charge in [0.05, 0.1) is 22.5 Å². The molecule has 1 N–H and O–H groups in total. The molecule has 1 atom stereocenters. The summed E-state index contributed by atoms with van der Waals surface area (Å²) in [6.07, 6.45) is 1.28. The Kier molecular flexibility index (Phi) is 4.43. The number of carbonyl (C=O) groups is 1. The molecule has 0 spiro atoms. The fraction of sp³-hybridized carbons (Fsp3) is 0.917. The Balaban J connectivity index is 2.79. The van der Waals surface area contributed by atoms with Crippen LogP contribution < -0.4 is 0 Å². The lowest BCUT2D eigenvalue weighted by Crippen LogP contribution is -2.42. The molecule has 6 heteroatoms. The number of hydrogen-bond acceptors (Lipinski definition) is 4. The molecule has 1 aliphatic rings. The van der Waals surface area contributed by atoms with Crippen LogP contribution in [0, 0.1) is 5.41 Å². The first-order valence-corrected chi connectivity index (χ1v) is 7.79. The smallest absolute Gasteiger partial charge is 0.312 e. The Morgan fingerprint density at radius 3 is 2.39 bits per heavy atom. The van der Waals surface area contributed by atoms with Gasteiger partial charge in [0.15, 0.2) is 9.84 Å². The van der Waals surface area contributed by atoms with Gasteiger partial charge in [-0.05, 0) is 40.0 Å². The molecular weight excluding hydrogens is 256 g/mol. The Bertz CT molecular complexity index is 399. The fourth-order valence-electron chi connectivity index (χ4n) is 1.96. The van der Waals surface area contributed by atoms with Crippen LogP contribution in [0.4, 0.5) is 0 Å². The highest BCUT2D eigenvalue weighted by molar-refractivity contribution is 7.92. The summed E-state index contributed by atoms with van der Waals surface area (Å²) in [4.78, 5) is 11.4. The van der Waals surface area contributed by atoms with Gasteiger partial charge in [-0.15, -0.1) is 0 Å². The van der Waals surface area contributed by atoms with Gasteiger partial charge in [0.1, 0.15) is 0 Å². The Hall–Kier alpha value is -0.620. The summed E-state index contributed by atoms with van der Waals surface area (Å²) in [6.45, 7) is 5.57. The molecule has 18 heavy (non-hydrogen) atoms. The standard InChI is InChI=1S/C12H22O5S/c1-11(2,3)18(15,16)8-6-12(10(13)14)5-4-7-17-9-12/h4-9H2,1-3H3,(H,13,14). The largest absolute Gasteiger partial charge is 0.481 e. The molecular formula is C12H22O5S. The normalized spacial score (nSPS) is 25.9. The molecule has 5 nitrogen and oxygen atoms in total. The lowest BCUT2D eigenvalue weighted by atomic mass is 9.80. The molecule has 0 amide bonds. The van der Waals surface area contributed by atoms with Crippen LogP contribution in [0.1, 0.15) is 40.0 Å². The van der Waals surface area contributed by atoms with Crippen LogP contribution in [0.5, 0.6) is 0 Å². The maximum Gasteiger partial charge on any atom is 0.312 e.